The first-order valence-electron chi connectivity index (χ1n) is 6.14. The summed E-state index contributed by atoms with van der Waals surface area (Å²) in [6, 6.07) is 1.95. The number of alkyl halides is 3. The molecule has 0 unspecified atom stereocenters. The first-order chi connectivity index (χ1) is 8.91. The summed E-state index contributed by atoms with van der Waals surface area (Å²) in [5, 5.41) is 9.04. The number of anilines is 2. The van der Waals surface area contributed by atoms with Crippen LogP contribution in [0.1, 0.15) is 24.8 Å². The average molecular weight is 275 g/mol. The van der Waals surface area contributed by atoms with Crippen molar-refractivity contribution >= 4 is 11.6 Å². The van der Waals surface area contributed by atoms with Gasteiger partial charge in [0.15, 0.2) is 0 Å². The number of aliphatic hydroxyl groups excluding tert-OH is 1. The number of pyridine rings is 1. The first-order valence-corrected chi connectivity index (χ1v) is 6.14. The summed E-state index contributed by atoms with van der Waals surface area (Å²) in [5.74, 6) is 0.0261. The van der Waals surface area contributed by atoms with E-state index in [0.29, 0.717) is 0 Å². The largest absolute Gasteiger partial charge is 0.416 e. The molecule has 1 aromatic rings. The Bertz CT molecular complexity index is 446. The second-order valence-electron chi connectivity index (χ2n) is 4.64. The van der Waals surface area contributed by atoms with Crippen LogP contribution in [-0.2, 0) is 6.18 Å². The van der Waals surface area contributed by atoms with Gasteiger partial charge in [-0.2, -0.15) is 13.2 Å². The molecule has 1 aromatic heterocycles. The van der Waals surface area contributed by atoms with Crippen LogP contribution in [0.2, 0.25) is 0 Å². The fourth-order valence-corrected chi connectivity index (χ4v) is 2.14. The predicted octanol–water partition coefficient (Wildman–Crippen LogP) is 2.03. The molecule has 0 saturated heterocycles. The van der Waals surface area contributed by atoms with Crippen LogP contribution >= 0.6 is 0 Å². The third-order valence-corrected chi connectivity index (χ3v) is 3.31. The van der Waals surface area contributed by atoms with Crippen LogP contribution in [-0.4, -0.2) is 29.3 Å². The molecule has 0 amide bonds. The van der Waals surface area contributed by atoms with E-state index in [4.69, 9.17) is 10.8 Å². The summed E-state index contributed by atoms with van der Waals surface area (Å²) >= 11 is 0. The van der Waals surface area contributed by atoms with Crippen molar-refractivity contribution in [3.8, 4) is 0 Å². The Kier molecular flexibility index (Phi) is 3.84. The summed E-state index contributed by atoms with van der Waals surface area (Å²) in [6.07, 6.45) is -1.60. The summed E-state index contributed by atoms with van der Waals surface area (Å²) in [7, 11) is 0. The van der Waals surface area contributed by atoms with E-state index in [0.717, 1.165) is 31.4 Å². The number of rotatable bonds is 4. The SMILES string of the molecule is Nc1cc(C(F)(F)F)cc(N(CCO)C2CCC2)n1. The zero-order valence-corrected chi connectivity index (χ0v) is 10.3. The molecule has 106 valence electrons. The van der Waals surface area contributed by atoms with Crippen molar-refractivity contribution in [2.24, 2.45) is 0 Å². The second-order valence-corrected chi connectivity index (χ2v) is 4.64. The van der Waals surface area contributed by atoms with Crippen LogP contribution in [0.5, 0.6) is 0 Å². The molecule has 19 heavy (non-hydrogen) atoms. The van der Waals surface area contributed by atoms with Gasteiger partial charge < -0.3 is 15.7 Å². The highest BCUT2D eigenvalue weighted by Gasteiger charge is 2.33. The van der Waals surface area contributed by atoms with Crippen molar-refractivity contribution in [1.82, 2.24) is 4.98 Å². The fourth-order valence-electron chi connectivity index (χ4n) is 2.14. The van der Waals surface area contributed by atoms with E-state index in [1.807, 2.05) is 0 Å². The van der Waals surface area contributed by atoms with Crippen molar-refractivity contribution in [1.29, 1.82) is 0 Å². The molecule has 0 aliphatic heterocycles. The number of aliphatic hydroxyl groups is 1. The quantitative estimate of drug-likeness (QED) is 0.882. The summed E-state index contributed by atoms with van der Waals surface area (Å²) < 4.78 is 38.2. The Labute approximate surface area is 109 Å². The Balaban J connectivity index is 2.33. The molecule has 3 N–H and O–H groups in total. The van der Waals surface area contributed by atoms with Crippen LogP contribution in [0.4, 0.5) is 24.8 Å². The zero-order chi connectivity index (χ0) is 14.0. The van der Waals surface area contributed by atoms with Gasteiger partial charge in [0.25, 0.3) is 0 Å². The number of hydrogen-bond acceptors (Lipinski definition) is 4. The predicted molar refractivity (Wildman–Crippen MR) is 65.7 cm³/mol. The lowest BCUT2D eigenvalue weighted by Crippen LogP contribution is -2.42. The number of aromatic nitrogens is 1. The molecular weight excluding hydrogens is 259 g/mol. The number of hydrogen-bond donors (Lipinski definition) is 2. The zero-order valence-electron chi connectivity index (χ0n) is 10.3. The summed E-state index contributed by atoms with van der Waals surface area (Å²) in [4.78, 5) is 5.67. The van der Waals surface area contributed by atoms with Gasteiger partial charge in [-0.1, -0.05) is 0 Å². The van der Waals surface area contributed by atoms with Crippen LogP contribution in [0.25, 0.3) is 0 Å². The highest BCUT2D eigenvalue weighted by Crippen LogP contribution is 2.34. The third kappa shape index (κ3) is 3.09. The van der Waals surface area contributed by atoms with E-state index in [1.54, 1.807) is 4.90 Å². The molecule has 4 nitrogen and oxygen atoms in total. The maximum Gasteiger partial charge on any atom is 0.416 e. The molecule has 1 aliphatic carbocycles. The van der Waals surface area contributed by atoms with E-state index in [-0.39, 0.29) is 30.8 Å². The van der Waals surface area contributed by atoms with Crippen LogP contribution < -0.4 is 10.6 Å². The number of nitrogens with zero attached hydrogens (tertiary/aromatic N) is 2. The molecule has 1 saturated carbocycles. The topological polar surface area (TPSA) is 62.4 Å². The van der Waals surface area contributed by atoms with Gasteiger partial charge in [-0.25, -0.2) is 4.98 Å². The molecule has 1 fully saturated rings. The Morgan fingerprint density at radius 1 is 1.37 bits per heavy atom. The highest BCUT2D eigenvalue weighted by molar-refractivity contribution is 5.50. The molecule has 7 heteroatoms. The van der Waals surface area contributed by atoms with Gasteiger partial charge in [-0.05, 0) is 31.4 Å². The monoisotopic (exact) mass is 275 g/mol. The summed E-state index contributed by atoms with van der Waals surface area (Å²) in [5.41, 5.74) is 4.64. The van der Waals surface area contributed by atoms with Crippen molar-refractivity contribution in [3.05, 3.63) is 17.7 Å². The van der Waals surface area contributed by atoms with E-state index < -0.39 is 11.7 Å². The standard InChI is InChI=1S/C12H16F3N3O/c13-12(14,15)8-6-10(16)17-11(7-8)18(4-5-19)9-2-1-3-9/h6-7,9,19H,1-5H2,(H2,16,17). The minimum absolute atomic E-state index is 0.131. The van der Waals surface area contributed by atoms with Crippen molar-refractivity contribution < 1.29 is 18.3 Å². The molecule has 2 rings (SSSR count). The first kappa shape index (κ1) is 13.9. The lowest BCUT2D eigenvalue weighted by Gasteiger charge is -2.38. The smallest absolute Gasteiger partial charge is 0.395 e. The Hall–Kier alpha value is -1.50. The molecule has 1 heterocycles. The van der Waals surface area contributed by atoms with Crippen molar-refractivity contribution in [2.45, 2.75) is 31.5 Å². The molecular formula is C12H16F3N3O. The summed E-state index contributed by atoms with van der Waals surface area (Å²) in [6.45, 7) is 0.132. The average Bonchev–Trinajstić information content (AvgIpc) is 2.24. The molecule has 0 radical (unpaired) electrons. The maximum atomic E-state index is 12.7. The third-order valence-electron chi connectivity index (χ3n) is 3.31. The molecule has 1 aliphatic rings. The highest BCUT2D eigenvalue weighted by atomic mass is 19.4. The number of nitrogens with two attached hydrogens (primary N) is 1. The van der Waals surface area contributed by atoms with Crippen molar-refractivity contribution in [2.75, 3.05) is 23.8 Å². The van der Waals surface area contributed by atoms with E-state index in [9.17, 15) is 13.2 Å². The lowest BCUT2D eigenvalue weighted by molar-refractivity contribution is -0.137. The molecule has 0 spiro atoms. The molecule has 0 aromatic carbocycles. The Morgan fingerprint density at radius 2 is 2.05 bits per heavy atom. The van der Waals surface area contributed by atoms with E-state index in [1.165, 1.54) is 0 Å². The minimum Gasteiger partial charge on any atom is -0.395 e. The van der Waals surface area contributed by atoms with Gasteiger partial charge in [0.1, 0.15) is 11.6 Å². The normalized spacial score (nSPS) is 16.2. The van der Waals surface area contributed by atoms with Crippen LogP contribution in [0.15, 0.2) is 12.1 Å². The van der Waals surface area contributed by atoms with Gasteiger partial charge in [0.05, 0.1) is 12.2 Å². The number of halogens is 3. The van der Waals surface area contributed by atoms with Crippen LogP contribution in [0, 0.1) is 0 Å². The molecule has 0 bridgehead atoms. The van der Waals surface area contributed by atoms with Crippen molar-refractivity contribution in [3.63, 3.8) is 0 Å². The lowest BCUT2D eigenvalue weighted by atomic mass is 9.91. The Morgan fingerprint density at radius 3 is 2.53 bits per heavy atom. The van der Waals surface area contributed by atoms with Gasteiger partial charge in [-0.15, -0.1) is 0 Å². The van der Waals surface area contributed by atoms with Gasteiger partial charge in [0.2, 0.25) is 0 Å². The fraction of sp³-hybridized carbons (Fsp3) is 0.583. The van der Waals surface area contributed by atoms with Gasteiger partial charge in [0, 0.05) is 12.6 Å². The number of nitrogen functional groups attached to an aromatic ring is 1. The van der Waals surface area contributed by atoms with Crippen LogP contribution in [0.3, 0.4) is 0 Å². The second kappa shape index (κ2) is 5.24. The maximum absolute atomic E-state index is 12.7. The van der Waals surface area contributed by atoms with Gasteiger partial charge in [-0.3, -0.25) is 0 Å². The molecule has 0 atom stereocenters. The minimum atomic E-state index is -4.45. The van der Waals surface area contributed by atoms with E-state index in [2.05, 4.69) is 4.98 Å². The van der Waals surface area contributed by atoms with Gasteiger partial charge >= 0.3 is 6.18 Å². The van der Waals surface area contributed by atoms with E-state index >= 15 is 0 Å².